The number of carbonyl (C=O) groups is 1. The maximum absolute atomic E-state index is 11.7. The maximum Gasteiger partial charge on any atom is 0.315 e. The zero-order chi connectivity index (χ0) is 14.6. The highest BCUT2D eigenvalue weighted by Crippen LogP contribution is 2.21. The number of hydrogen-bond donors (Lipinski definition) is 3. The minimum atomic E-state index is -1.23. The van der Waals surface area contributed by atoms with Crippen LogP contribution in [0, 0.1) is 6.92 Å². The summed E-state index contributed by atoms with van der Waals surface area (Å²) in [6, 6.07) is 5.12. The van der Waals surface area contributed by atoms with E-state index in [1.807, 2.05) is 16.8 Å². The maximum atomic E-state index is 11.7. The van der Waals surface area contributed by atoms with Crippen LogP contribution in [0.4, 0.5) is 4.79 Å². The van der Waals surface area contributed by atoms with Gasteiger partial charge in [0.05, 0.1) is 6.54 Å². The molecule has 1 atom stereocenters. The fraction of sp³-hybridized carbons (Fsp3) is 0.357. The number of aliphatic hydroxyl groups is 1. The number of urea groups is 1. The first kappa shape index (κ1) is 14.6. The van der Waals surface area contributed by atoms with Crippen molar-refractivity contribution in [3.63, 3.8) is 0 Å². The zero-order valence-electron chi connectivity index (χ0n) is 11.5. The van der Waals surface area contributed by atoms with Crippen LogP contribution in [-0.4, -0.2) is 17.7 Å². The van der Waals surface area contributed by atoms with Crippen molar-refractivity contribution in [2.24, 2.45) is 0 Å². The molecule has 2 amide bonds. The summed E-state index contributed by atoms with van der Waals surface area (Å²) in [5.74, 6) is 1.16. The lowest BCUT2D eigenvalue weighted by molar-refractivity contribution is 0.0360. The first-order chi connectivity index (χ1) is 9.47. The van der Waals surface area contributed by atoms with Crippen LogP contribution in [0.25, 0.3) is 0 Å². The average molecular weight is 294 g/mol. The van der Waals surface area contributed by atoms with E-state index >= 15 is 0 Å². The molecule has 0 fully saturated rings. The summed E-state index contributed by atoms with van der Waals surface area (Å²) in [7, 11) is 0. The molecule has 0 saturated carbocycles. The van der Waals surface area contributed by atoms with Crippen LogP contribution in [0.15, 0.2) is 33.4 Å². The molecule has 0 aliphatic heterocycles. The zero-order valence-corrected chi connectivity index (χ0v) is 12.3. The van der Waals surface area contributed by atoms with Crippen LogP contribution in [0.2, 0.25) is 0 Å². The van der Waals surface area contributed by atoms with Gasteiger partial charge in [0.1, 0.15) is 17.1 Å². The second-order valence-corrected chi connectivity index (χ2v) is 5.63. The fourth-order valence-corrected chi connectivity index (χ4v) is 2.37. The van der Waals surface area contributed by atoms with Gasteiger partial charge in [0.2, 0.25) is 0 Å². The predicted octanol–water partition coefficient (Wildman–Crippen LogP) is 2.36. The molecule has 0 aliphatic carbocycles. The molecule has 2 aromatic heterocycles. The average Bonchev–Trinajstić information content (AvgIpc) is 3.05. The number of rotatable bonds is 5. The van der Waals surface area contributed by atoms with Crippen LogP contribution < -0.4 is 10.6 Å². The first-order valence-electron chi connectivity index (χ1n) is 6.29. The number of carbonyl (C=O) groups excluding carboxylic acids is 1. The monoisotopic (exact) mass is 294 g/mol. The lowest BCUT2D eigenvalue weighted by Crippen LogP contribution is -2.43. The Bertz CT molecular complexity index is 561. The van der Waals surface area contributed by atoms with Crippen molar-refractivity contribution in [3.8, 4) is 0 Å². The van der Waals surface area contributed by atoms with Crippen molar-refractivity contribution < 1.29 is 14.3 Å². The summed E-state index contributed by atoms with van der Waals surface area (Å²) >= 11 is 1.58. The molecule has 2 heterocycles. The third-order valence-corrected chi connectivity index (χ3v) is 3.63. The number of nitrogens with one attached hydrogen (secondary N) is 2. The van der Waals surface area contributed by atoms with Crippen LogP contribution in [0.3, 0.4) is 0 Å². The highest BCUT2D eigenvalue weighted by atomic mass is 32.1. The van der Waals surface area contributed by atoms with E-state index in [-0.39, 0.29) is 12.6 Å². The number of amides is 2. The Morgan fingerprint density at radius 1 is 1.40 bits per heavy atom. The molecule has 0 bridgehead atoms. The van der Waals surface area contributed by atoms with E-state index in [2.05, 4.69) is 10.6 Å². The molecule has 0 aromatic carbocycles. The Morgan fingerprint density at radius 2 is 2.20 bits per heavy atom. The standard InChI is InChI=1S/C14H18N2O3S/c1-10-3-4-12(19-10)14(2,18)9-16-13(17)15-7-11-5-6-20-8-11/h3-6,8,18H,7,9H2,1-2H3,(H2,15,16,17). The van der Waals surface area contributed by atoms with Crippen molar-refractivity contribution in [2.75, 3.05) is 6.54 Å². The molecule has 1 unspecified atom stereocenters. The van der Waals surface area contributed by atoms with Crippen molar-refractivity contribution in [1.29, 1.82) is 0 Å². The van der Waals surface area contributed by atoms with E-state index in [0.29, 0.717) is 12.3 Å². The van der Waals surface area contributed by atoms with E-state index in [0.717, 1.165) is 11.3 Å². The van der Waals surface area contributed by atoms with E-state index in [9.17, 15) is 9.90 Å². The van der Waals surface area contributed by atoms with Gasteiger partial charge in [-0.15, -0.1) is 0 Å². The second kappa shape index (κ2) is 6.11. The highest BCUT2D eigenvalue weighted by Gasteiger charge is 2.27. The molecule has 108 valence electrons. The minimum Gasteiger partial charge on any atom is -0.463 e. The lowest BCUT2D eigenvalue weighted by Gasteiger charge is -2.21. The quantitative estimate of drug-likeness (QED) is 0.792. The minimum absolute atomic E-state index is 0.0788. The van der Waals surface area contributed by atoms with Gasteiger partial charge < -0.3 is 20.2 Å². The first-order valence-corrected chi connectivity index (χ1v) is 7.24. The van der Waals surface area contributed by atoms with Crippen LogP contribution >= 0.6 is 11.3 Å². The largest absolute Gasteiger partial charge is 0.463 e. The van der Waals surface area contributed by atoms with Gasteiger partial charge >= 0.3 is 6.03 Å². The molecule has 0 radical (unpaired) electrons. The van der Waals surface area contributed by atoms with Gasteiger partial charge in [-0.25, -0.2) is 4.79 Å². The van der Waals surface area contributed by atoms with Crippen LogP contribution in [-0.2, 0) is 12.1 Å². The second-order valence-electron chi connectivity index (χ2n) is 4.85. The molecular formula is C14H18N2O3S. The summed E-state index contributed by atoms with van der Waals surface area (Å²) in [6.07, 6.45) is 0. The van der Waals surface area contributed by atoms with Crippen molar-refractivity contribution in [1.82, 2.24) is 10.6 Å². The summed E-state index contributed by atoms with van der Waals surface area (Å²) in [5, 5.41) is 19.6. The predicted molar refractivity (Wildman–Crippen MR) is 77.6 cm³/mol. The van der Waals surface area contributed by atoms with Crippen LogP contribution in [0.5, 0.6) is 0 Å². The Labute approximate surface area is 121 Å². The molecule has 2 rings (SSSR count). The number of hydrogen-bond acceptors (Lipinski definition) is 4. The molecule has 3 N–H and O–H groups in total. The Morgan fingerprint density at radius 3 is 2.80 bits per heavy atom. The Balaban J connectivity index is 1.80. The van der Waals surface area contributed by atoms with Crippen molar-refractivity contribution >= 4 is 17.4 Å². The Hall–Kier alpha value is -1.79. The number of thiophene rings is 1. The molecule has 0 spiro atoms. The van der Waals surface area contributed by atoms with E-state index in [1.165, 1.54) is 0 Å². The third-order valence-electron chi connectivity index (χ3n) is 2.90. The van der Waals surface area contributed by atoms with Gasteiger partial charge in [0, 0.05) is 6.54 Å². The number of aryl methyl sites for hydroxylation is 1. The molecule has 0 aliphatic rings. The van der Waals surface area contributed by atoms with E-state index < -0.39 is 5.60 Å². The van der Waals surface area contributed by atoms with Gasteiger partial charge in [-0.2, -0.15) is 11.3 Å². The van der Waals surface area contributed by atoms with E-state index in [4.69, 9.17) is 4.42 Å². The molecule has 0 saturated heterocycles. The molecule has 2 aromatic rings. The summed E-state index contributed by atoms with van der Waals surface area (Å²) in [6.45, 7) is 3.96. The van der Waals surface area contributed by atoms with Gasteiger partial charge in [-0.05, 0) is 48.4 Å². The molecule has 6 heteroatoms. The van der Waals surface area contributed by atoms with Crippen molar-refractivity contribution in [3.05, 3.63) is 46.0 Å². The SMILES string of the molecule is Cc1ccc(C(C)(O)CNC(=O)NCc2ccsc2)o1. The van der Waals surface area contributed by atoms with E-state index in [1.54, 1.807) is 37.3 Å². The summed E-state index contributed by atoms with van der Waals surface area (Å²) in [4.78, 5) is 11.7. The van der Waals surface area contributed by atoms with Gasteiger partial charge in [-0.1, -0.05) is 0 Å². The topological polar surface area (TPSA) is 74.5 Å². The summed E-state index contributed by atoms with van der Waals surface area (Å²) < 4.78 is 5.38. The normalized spacial score (nSPS) is 13.8. The molecule has 5 nitrogen and oxygen atoms in total. The lowest BCUT2D eigenvalue weighted by atomic mass is 10.0. The van der Waals surface area contributed by atoms with Crippen LogP contribution in [0.1, 0.15) is 24.0 Å². The van der Waals surface area contributed by atoms with Gasteiger partial charge in [0.25, 0.3) is 0 Å². The fourth-order valence-electron chi connectivity index (χ4n) is 1.70. The number of furan rings is 1. The third kappa shape index (κ3) is 3.85. The highest BCUT2D eigenvalue weighted by molar-refractivity contribution is 7.07. The Kier molecular flexibility index (Phi) is 4.46. The smallest absolute Gasteiger partial charge is 0.315 e. The van der Waals surface area contributed by atoms with Gasteiger partial charge in [0.15, 0.2) is 0 Å². The molecular weight excluding hydrogens is 276 g/mol. The summed E-state index contributed by atoms with van der Waals surface area (Å²) in [5.41, 5.74) is -0.174. The molecule has 20 heavy (non-hydrogen) atoms. The van der Waals surface area contributed by atoms with Crippen molar-refractivity contribution in [2.45, 2.75) is 26.0 Å². The van der Waals surface area contributed by atoms with Gasteiger partial charge in [-0.3, -0.25) is 0 Å².